The van der Waals surface area contributed by atoms with Crippen LogP contribution in [0.2, 0.25) is 0 Å². The van der Waals surface area contributed by atoms with E-state index in [1.165, 1.54) is 16.0 Å². The number of nitrogens with one attached hydrogen (secondary N) is 2. The van der Waals surface area contributed by atoms with Crippen LogP contribution in [0.5, 0.6) is 0 Å². The van der Waals surface area contributed by atoms with Crippen LogP contribution in [0.1, 0.15) is 18.1 Å². The molecule has 2 N–H and O–H groups in total. The Hall–Kier alpha value is -2.00. The number of aromatic nitrogens is 2. The summed E-state index contributed by atoms with van der Waals surface area (Å²) in [4.78, 5) is 5.64. The van der Waals surface area contributed by atoms with E-state index in [9.17, 15) is 0 Å². The Balaban J connectivity index is 0.00000300. The van der Waals surface area contributed by atoms with E-state index in [-0.39, 0.29) is 24.0 Å². The minimum absolute atomic E-state index is 0. The highest BCUT2D eigenvalue weighted by atomic mass is 127. The van der Waals surface area contributed by atoms with E-state index < -0.39 is 0 Å². The van der Waals surface area contributed by atoms with Gasteiger partial charge in [-0.3, -0.25) is 9.67 Å². The largest absolute Gasteiger partial charge is 0.355 e. The second kappa shape index (κ2) is 12.5. The lowest BCUT2D eigenvalue weighted by Crippen LogP contribution is -2.39. The first kappa shape index (κ1) is 23.3. The van der Waals surface area contributed by atoms with Gasteiger partial charge in [-0.2, -0.15) is 5.10 Å². The molecule has 0 aliphatic carbocycles. The van der Waals surface area contributed by atoms with Crippen LogP contribution in [0.3, 0.4) is 0 Å². The van der Waals surface area contributed by atoms with Gasteiger partial charge in [0.2, 0.25) is 0 Å². The zero-order valence-electron chi connectivity index (χ0n) is 16.8. The molecular weight excluding hydrogens is 493 g/mol. The second-order valence-electron chi connectivity index (χ2n) is 6.52. The second-order valence-corrected chi connectivity index (χ2v) is 8.03. The fraction of sp³-hybridized carbons (Fsp3) is 0.273. The zero-order chi connectivity index (χ0) is 19.6. The summed E-state index contributed by atoms with van der Waals surface area (Å²) in [5.74, 6) is 0.814. The average molecular weight is 521 g/mol. The van der Waals surface area contributed by atoms with Crippen LogP contribution in [0.4, 0.5) is 0 Å². The normalized spacial score (nSPS) is 12.1. The van der Waals surface area contributed by atoms with Crippen molar-refractivity contribution < 1.29 is 0 Å². The van der Waals surface area contributed by atoms with E-state index in [0.29, 0.717) is 5.25 Å². The lowest BCUT2D eigenvalue weighted by molar-refractivity contribution is 0.677. The summed E-state index contributed by atoms with van der Waals surface area (Å²) in [5.41, 5.74) is 2.50. The molecule has 0 bridgehead atoms. The molecule has 0 amide bonds. The molecule has 154 valence electrons. The van der Waals surface area contributed by atoms with Crippen molar-refractivity contribution in [3.05, 3.63) is 84.2 Å². The van der Waals surface area contributed by atoms with Gasteiger partial charge in [0.25, 0.3) is 0 Å². The molecule has 1 unspecified atom stereocenters. The maximum atomic E-state index is 4.36. The van der Waals surface area contributed by atoms with Crippen molar-refractivity contribution in [2.75, 3.05) is 13.6 Å². The first-order valence-electron chi connectivity index (χ1n) is 9.45. The molecule has 0 spiro atoms. The molecule has 3 rings (SSSR count). The number of guanidine groups is 1. The minimum Gasteiger partial charge on any atom is -0.355 e. The molecule has 1 heterocycles. The molecule has 0 saturated carbocycles. The van der Waals surface area contributed by atoms with Crippen molar-refractivity contribution in [1.82, 2.24) is 20.4 Å². The molecule has 7 heteroatoms. The monoisotopic (exact) mass is 521 g/mol. The third kappa shape index (κ3) is 7.74. The SMILES string of the molecule is CN=C(NCc1ccccc1Cn1cccn1)NCC(C)Sc1ccccc1.I. The van der Waals surface area contributed by atoms with Gasteiger partial charge in [-0.1, -0.05) is 49.4 Å². The Morgan fingerprint density at radius 1 is 1.03 bits per heavy atom. The van der Waals surface area contributed by atoms with Crippen LogP contribution < -0.4 is 10.6 Å². The van der Waals surface area contributed by atoms with Gasteiger partial charge in [0, 0.05) is 42.7 Å². The number of rotatable bonds is 8. The fourth-order valence-corrected chi connectivity index (χ4v) is 3.81. The number of hydrogen-bond acceptors (Lipinski definition) is 3. The van der Waals surface area contributed by atoms with E-state index in [1.54, 1.807) is 13.2 Å². The molecule has 0 saturated heterocycles. The number of nitrogens with zero attached hydrogens (tertiary/aromatic N) is 3. The third-order valence-corrected chi connectivity index (χ3v) is 5.43. The Kier molecular flexibility index (Phi) is 10.1. The Morgan fingerprint density at radius 2 is 1.76 bits per heavy atom. The predicted molar refractivity (Wildman–Crippen MR) is 133 cm³/mol. The van der Waals surface area contributed by atoms with Crippen LogP contribution >= 0.6 is 35.7 Å². The maximum Gasteiger partial charge on any atom is 0.191 e. The highest BCUT2D eigenvalue weighted by Crippen LogP contribution is 2.21. The van der Waals surface area contributed by atoms with Gasteiger partial charge in [0.15, 0.2) is 5.96 Å². The highest BCUT2D eigenvalue weighted by molar-refractivity contribution is 14.0. The van der Waals surface area contributed by atoms with Gasteiger partial charge < -0.3 is 10.6 Å². The van der Waals surface area contributed by atoms with Crippen molar-refractivity contribution in [2.45, 2.75) is 30.2 Å². The van der Waals surface area contributed by atoms with Gasteiger partial charge in [-0.25, -0.2) is 0 Å². The summed E-state index contributed by atoms with van der Waals surface area (Å²) in [7, 11) is 1.81. The molecule has 0 fully saturated rings. The average Bonchev–Trinajstić information content (AvgIpc) is 3.23. The van der Waals surface area contributed by atoms with Gasteiger partial charge in [0.1, 0.15) is 0 Å². The molecule has 1 atom stereocenters. The van der Waals surface area contributed by atoms with Crippen molar-refractivity contribution in [3.8, 4) is 0 Å². The Bertz CT molecular complexity index is 868. The highest BCUT2D eigenvalue weighted by Gasteiger charge is 2.07. The number of hydrogen-bond donors (Lipinski definition) is 2. The van der Waals surface area contributed by atoms with Gasteiger partial charge in [0.05, 0.1) is 6.54 Å². The minimum atomic E-state index is 0. The Morgan fingerprint density at radius 3 is 2.45 bits per heavy atom. The van der Waals surface area contributed by atoms with E-state index in [0.717, 1.165) is 25.6 Å². The summed E-state index contributed by atoms with van der Waals surface area (Å²) >= 11 is 1.86. The standard InChI is InChI=1S/C22H27N5S.HI/c1-18(28-21-11-4-3-5-12-21)15-24-22(23-2)25-16-19-9-6-7-10-20(19)17-27-14-8-13-26-27;/h3-14,18H,15-17H2,1-2H3,(H2,23,24,25);1H. The number of benzene rings is 2. The smallest absolute Gasteiger partial charge is 0.191 e. The number of thioether (sulfide) groups is 1. The quantitative estimate of drug-likeness (QED) is 0.200. The molecule has 0 aliphatic heterocycles. The van der Waals surface area contributed by atoms with Gasteiger partial charge in [-0.05, 0) is 29.3 Å². The van der Waals surface area contributed by atoms with E-state index in [2.05, 4.69) is 76.2 Å². The fourth-order valence-electron chi connectivity index (χ4n) is 2.87. The van der Waals surface area contributed by atoms with Gasteiger partial charge in [-0.15, -0.1) is 35.7 Å². The number of halogens is 1. The van der Waals surface area contributed by atoms with Crippen LogP contribution in [-0.2, 0) is 13.1 Å². The van der Waals surface area contributed by atoms with E-state index >= 15 is 0 Å². The topological polar surface area (TPSA) is 54.2 Å². The van der Waals surface area contributed by atoms with Crippen LogP contribution in [0.25, 0.3) is 0 Å². The van der Waals surface area contributed by atoms with Crippen molar-refractivity contribution in [3.63, 3.8) is 0 Å². The van der Waals surface area contributed by atoms with Crippen LogP contribution in [-0.4, -0.2) is 34.6 Å². The predicted octanol–water partition coefficient (Wildman–Crippen LogP) is 4.40. The molecule has 0 radical (unpaired) electrons. The summed E-state index contributed by atoms with van der Waals surface area (Å²) in [6.07, 6.45) is 3.79. The molecule has 3 aromatic rings. The molecule has 0 aliphatic rings. The zero-order valence-corrected chi connectivity index (χ0v) is 19.9. The third-order valence-electron chi connectivity index (χ3n) is 4.32. The first-order valence-corrected chi connectivity index (χ1v) is 10.3. The molecule has 5 nitrogen and oxygen atoms in total. The van der Waals surface area contributed by atoms with Crippen molar-refractivity contribution in [2.24, 2.45) is 4.99 Å². The first-order chi connectivity index (χ1) is 13.7. The van der Waals surface area contributed by atoms with Crippen molar-refractivity contribution >= 4 is 41.7 Å². The van der Waals surface area contributed by atoms with E-state index in [1.807, 2.05) is 34.8 Å². The van der Waals surface area contributed by atoms with Crippen molar-refractivity contribution in [1.29, 1.82) is 0 Å². The molecular formula is C22H28IN5S. The Labute approximate surface area is 194 Å². The lowest BCUT2D eigenvalue weighted by Gasteiger charge is -2.17. The molecule has 29 heavy (non-hydrogen) atoms. The number of aliphatic imine (C=N–C) groups is 1. The van der Waals surface area contributed by atoms with E-state index in [4.69, 9.17) is 0 Å². The maximum absolute atomic E-state index is 4.36. The van der Waals surface area contributed by atoms with Crippen LogP contribution in [0.15, 0.2) is 82.9 Å². The summed E-state index contributed by atoms with van der Waals surface area (Å²) in [6.45, 7) is 4.55. The summed E-state index contributed by atoms with van der Waals surface area (Å²) in [5, 5.41) is 11.6. The lowest BCUT2D eigenvalue weighted by atomic mass is 10.1. The summed E-state index contributed by atoms with van der Waals surface area (Å²) in [6, 6.07) is 20.9. The van der Waals surface area contributed by atoms with Crippen LogP contribution in [0, 0.1) is 0 Å². The van der Waals surface area contributed by atoms with Gasteiger partial charge >= 0.3 is 0 Å². The molecule has 1 aromatic heterocycles. The molecule has 2 aromatic carbocycles. The summed E-state index contributed by atoms with van der Waals surface area (Å²) < 4.78 is 1.94.